The molecule has 8 heteroatoms. The maximum Gasteiger partial charge on any atom is 0.327 e. The molecule has 7 nitrogen and oxygen atoms in total. The molecule has 0 N–H and O–H groups in total. The van der Waals surface area contributed by atoms with E-state index in [0.29, 0.717) is 11.3 Å². The summed E-state index contributed by atoms with van der Waals surface area (Å²) < 4.78 is 33.1. The van der Waals surface area contributed by atoms with Gasteiger partial charge in [0, 0.05) is 24.3 Å². The number of aromatic nitrogens is 1. The van der Waals surface area contributed by atoms with Crippen LogP contribution in [0.4, 0.5) is 0 Å². The van der Waals surface area contributed by atoms with E-state index in [2.05, 4.69) is 4.98 Å². The topological polar surface area (TPSA) is 99.6 Å². The first-order valence-electron chi connectivity index (χ1n) is 9.19. The Bertz CT molecular complexity index is 987. The third kappa shape index (κ3) is 5.41. The molecule has 1 aromatic heterocycles. The van der Waals surface area contributed by atoms with Crippen LogP contribution in [0.15, 0.2) is 42.5 Å². The molecule has 156 valence electrons. The van der Waals surface area contributed by atoms with Gasteiger partial charge in [0.2, 0.25) is 5.88 Å². The molecule has 1 heterocycles. The zero-order valence-corrected chi connectivity index (χ0v) is 17.8. The molecule has 0 amide bonds. The highest BCUT2D eigenvalue weighted by Crippen LogP contribution is 2.29. The molecule has 1 atom stereocenters. The summed E-state index contributed by atoms with van der Waals surface area (Å²) in [5.74, 6) is -1.25. The Kier molecular flexibility index (Phi) is 7.13. The van der Waals surface area contributed by atoms with E-state index in [4.69, 9.17) is 9.47 Å². The number of nitrogens with zero attached hydrogens (tertiary/aromatic N) is 1. The molecule has 0 fully saturated rings. The fraction of sp³-hybridized carbons (Fsp3) is 0.381. The molecule has 0 saturated carbocycles. The molecule has 0 aliphatic heterocycles. The zero-order chi connectivity index (χ0) is 21.7. The second-order valence-corrected chi connectivity index (χ2v) is 9.29. The fourth-order valence-corrected chi connectivity index (χ4v) is 3.58. The van der Waals surface area contributed by atoms with E-state index in [1.165, 1.54) is 13.8 Å². The van der Waals surface area contributed by atoms with Crippen LogP contribution in [-0.4, -0.2) is 43.0 Å². The minimum atomic E-state index is -3.75. The summed E-state index contributed by atoms with van der Waals surface area (Å²) in [6.45, 7) is 4.30. The number of hydrogen-bond donors (Lipinski definition) is 0. The van der Waals surface area contributed by atoms with Crippen molar-refractivity contribution in [2.24, 2.45) is 0 Å². The summed E-state index contributed by atoms with van der Waals surface area (Å²) in [5.41, 5.74) is 1.99. The average Bonchev–Trinajstić information content (AvgIpc) is 2.66. The number of aryl methyl sites for hydroxylation is 1. The first-order chi connectivity index (χ1) is 13.6. The van der Waals surface area contributed by atoms with Gasteiger partial charge >= 0.3 is 11.9 Å². The number of hydrogen-bond acceptors (Lipinski definition) is 7. The van der Waals surface area contributed by atoms with Crippen LogP contribution in [0.25, 0.3) is 11.3 Å². The van der Waals surface area contributed by atoms with E-state index < -0.39 is 26.5 Å². The standard InChI is InChI=1S/C21H25NO6S/c1-5-27-20(24)21(3,29(4,25)26)14-13-17-11-12-18(16-9-7-6-8-10-16)22-19(17)28-15(2)23/h6-12H,5,13-14H2,1-4H3. The van der Waals surface area contributed by atoms with Gasteiger partial charge in [-0.15, -0.1) is 0 Å². The van der Waals surface area contributed by atoms with E-state index in [1.54, 1.807) is 19.1 Å². The van der Waals surface area contributed by atoms with Gasteiger partial charge in [-0.25, -0.2) is 13.4 Å². The van der Waals surface area contributed by atoms with E-state index in [9.17, 15) is 18.0 Å². The molecule has 1 aromatic carbocycles. The fourth-order valence-electron chi connectivity index (χ4n) is 2.75. The monoisotopic (exact) mass is 419 g/mol. The van der Waals surface area contributed by atoms with Crippen molar-refractivity contribution in [2.45, 2.75) is 38.4 Å². The Hall–Kier alpha value is -2.74. The van der Waals surface area contributed by atoms with Gasteiger partial charge in [0.15, 0.2) is 14.6 Å². The van der Waals surface area contributed by atoms with Crippen molar-refractivity contribution in [1.82, 2.24) is 4.98 Å². The molecular weight excluding hydrogens is 394 g/mol. The highest BCUT2D eigenvalue weighted by atomic mass is 32.2. The van der Waals surface area contributed by atoms with Crippen LogP contribution in [0, 0.1) is 0 Å². The number of carbonyl (C=O) groups excluding carboxylic acids is 2. The average molecular weight is 419 g/mol. The van der Waals surface area contributed by atoms with Gasteiger partial charge in [-0.05, 0) is 32.8 Å². The molecule has 0 aliphatic rings. The summed E-state index contributed by atoms with van der Waals surface area (Å²) in [6, 6.07) is 12.9. The molecule has 0 radical (unpaired) electrons. The van der Waals surface area contributed by atoms with Crippen molar-refractivity contribution >= 4 is 21.8 Å². The Morgan fingerprint density at radius 1 is 1.10 bits per heavy atom. The van der Waals surface area contributed by atoms with Gasteiger partial charge in [0.25, 0.3) is 0 Å². The van der Waals surface area contributed by atoms with Gasteiger partial charge < -0.3 is 9.47 Å². The third-order valence-corrected chi connectivity index (χ3v) is 6.65. The Labute approximate surface area is 171 Å². The Morgan fingerprint density at radius 2 is 1.76 bits per heavy atom. The Morgan fingerprint density at radius 3 is 2.31 bits per heavy atom. The molecule has 0 saturated heterocycles. The van der Waals surface area contributed by atoms with Crippen molar-refractivity contribution in [3.63, 3.8) is 0 Å². The van der Waals surface area contributed by atoms with E-state index in [-0.39, 0.29) is 25.3 Å². The number of benzene rings is 1. The predicted molar refractivity (Wildman–Crippen MR) is 109 cm³/mol. The second kappa shape index (κ2) is 9.17. The molecule has 1 unspecified atom stereocenters. The molecule has 0 spiro atoms. The van der Waals surface area contributed by atoms with Crippen LogP contribution in [0.5, 0.6) is 5.88 Å². The summed E-state index contributed by atoms with van der Waals surface area (Å²) in [4.78, 5) is 28.3. The van der Waals surface area contributed by atoms with Gasteiger partial charge in [-0.1, -0.05) is 36.4 Å². The summed E-state index contributed by atoms with van der Waals surface area (Å²) in [6.07, 6.45) is 1.13. The largest absolute Gasteiger partial charge is 0.465 e. The van der Waals surface area contributed by atoms with E-state index in [1.807, 2.05) is 30.3 Å². The minimum Gasteiger partial charge on any atom is -0.465 e. The summed E-state index contributed by atoms with van der Waals surface area (Å²) in [7, 11) is -3.75. The molecule has 29 heavy (non-hydrogen) atoms. The number of sulfone groups is 1. The quantitative estimate of drug-likeness (QED) is 0.607. The SMILES string of the molecule is CCOC(=O)C(C)(CCc1ccc(-c2ccccc2)nc1OC(C)=O)S(C)(=O)=O. The normalized spacial score (nSPS) is 13.4. The smallest absolute Gasteiger partial charge is 0.327 e. The highest BCUT2D eigenvalue weighted by Gasteiger charge is 2.44. The number of esters is 2. The maximum absolute atomic E-state index is 12.3. The number of carbonyl (C=O) groups is 2. The van der Waals surface area contributed by atoms with Gasteiger partial charge in [0.1, 0.15) is 0 Å². The number of rotatable bonds is 8. The maximum atomic E-state index is 12.3. The van der Waals surface area contributed by atoms with E-state index >= 15 is 0 Å². The van der Waals surface area contributed by atoms with Crippen LogP contribution in [0.1, 0.15) is 32.8 Å². The number of pyridine rings is 1. The molecule has 2 rings (SSSR count). The van der Waals surface area contributed by atoms with Crippen LogP contribution < -0.4 is 4.74 Å². The minimum absolute atomic E-state index is 0.0364. The van der Waals surface area contributed by atoms with Crippen LogP contribution >= 0.6 is 0 Å². The van der Waals surface area contributed by atoms with Crippen molar-refractivity contribution in [2.75, 3.05) is 12.9 Å². The molecule has 0 bridgehead atoms. The van der Waals surface area contributed by atoms with Crippen molar-refractivity contribution in [3.05, 3.63) is 48.0 Å². The lowest BCUT2D eigenvalue weighted by molar-refractivity contribution is -0.146. The van der Waals surface area contributed by atoms with Gasteiger partial charge in [-0.3, -0.25) is 9.59 Å². The van der Waals surface area contributed by atoms with Crippen molar-refractivity contribution in [3.8, 4) is 17.1 Å². The third-order valence-electron chi connectivity index (χ3n) is 4.65. The van der Waals surface area contributed by atoms with E-state index in [0.717, 1.165) is 11.8 Å². The molecular formula is C21H25NO6S. The predicted octanol–water partition coefficient (Wildman–Crippen LogP) is 2.97. The molecule has 0 aliphatic carbocycles. The highest BCUT2D eigenvalue weighted by molar-refractivity contribution is 7.92. The van der Waals surface area contributed by atoms with Crippen LogP contribution in [0.3, 0.4) is 0 Å². The lowest BCUT2D eigenvalue weighted by atomic mass is 10.00. The van der Waals surface area contributed by atoms with Crippen molar-refractivity contribution < 1.29 is 27.5 Å². The first kappa shape index (κ1) is 22.5. The molecule has 2 aromatic rings. The van der Waals surface area contributed by atoms with Gasteiger partial charge in [0.05, 0.1) is 12.3 Å². The zero-order valence-electron chi connectivity index (χ0n) is 17.0. The second-order valence-electron chi connectivity index (χ2n) is 6.84. The summed E-state index contributed by atoms with van der Waals surface area (Å²) in [5, 5.41) is 0. The lowest BCUT2D eigenvalue weighted by Crippen LogP contribution is -2.44. The van der Waals surface area contributed by atoms with Crippen LogP contribution in [-0.2, 0) is 30.6 Å². The number of ether oxygens (including phenoxy) is 2. The van der Waals surface area contributed by atoms with Crippen molar-refractivity contribution in [1.29, 1.82) is 0 Å². The first-order valence-corrected chi connectivity index (χ1v) is 11.1. The van der Waals surface area contributed by atoms with Crippen LogP contribution in [0.2, 0.25) is 0 Å². The lowest BCUT2D eigenvalue weighted by Gasteiger charge is -2.25. The van der Waals surface area contributed by atoms with Gasteiger partial charge in [-0.2, -0.15) is 0 Å². The summed E-state index contributed by atoms with van der Waals surface area (Å²) >= 11 is 0. The Balaban J connectivity index is 2.37.